The fourth-order valence-corrected chi connectivity index (χ4v) is 2.18. The fraction of sp³-hybridized carbons (Fsp3) is 0.273. The molecule has 2 aromatic heterocycles. The van der Waals surface area contributed by atoms with Crippen LogP contribution in [0.5, 0.6) is 0 Å². The summed E-state index contributed by atoms with van der Waals surface area (Å²) >= 11 is 1.62. The van der Waals surface area contributed by atoms with E-state index < -0.39 is 0 Å². The van der Waals surface area contributed by atoms with E-state index >= 15 is 0 Å². The summed E-state index contributed by atoms with van der Waals surface area (Å²) in [5.41, 5.74) is 1.04. The van der Waals surface area contributed by atoms with Crippen molar-refractivity contribution in [2.45, 2.75) is 20.4 Å². The SMILES string of the molecule is Cc1ccn(Cc2cnc(C)s2)c(=O)c1. The van der Waals surface area contributed by atoms with Crippen molar-refractivity contribution in [1.82, 2.24) is 9.55 Å². The van der Waals surface area contributed by atoms with Gasteiger partial charge >= 0.3 is 0 Å². The molecule has 0 spiro atoms. The first-order valence-corrected chi connectivity index (χ1v) is 5.55. The highest BCUT2D eigenvalue weighted by Gasteiger charge is 2.01. The maximum absolute atomic E-state index is 11.6. The largest absolute Gasteiger partial charge is 0.310 e. The van der Waals surface area contributed by atoms with Crippen LogP contribution < -0.4 is 5.56 Å². The maximum Gasteiger partial charge on any atom is 0.251 e. The van der Waals surface area contributed by atoms with Gasteiger partial charge in [0.05, 0.1) is 11.6 Å². The summed E-state index contributed by atoms with van der Waals surface area (Å²) in [5, 5.41) is 1.03. The van der Waals surface area contributed by atoms with Crippen molar-refractivity contribution in [3.05, 3.63) is 50.3 Å². The zero-order valence-electron chi connectivity index (χ0n) is 8.73. The number of thiazole rings is 1. The number of nitrogens with zero attached hydrogens (tertiary/aromatic N) is 2. The summed E-state index contributed by atoms with van der Waals surface area (Å²) in [6.07, 6.45) is 3.65. The lowest BCUT2D eigenvalue weighted by Crippen LogP contribution is -2.18. The second kappa shape index (κ2) is 3.98. The molecule has 2 aromatic rings. The van der Waals surface area contributed by atoms with Crippen molar-refractivity contribution in [3.8, 4) is 0 Å². The summed E-state index contributed by atoms with van der Waals surface area (Å²) < 4.78 is 1.69. The maximum atomic E-state index is 11.6. The van der Waals surface area contributed by atoms with Crippen molar-refractivity contribution in [3.63, 3.8) is 0 Å². The molecule has 3 nitrogen and oxygen atoms in total. The van der Waals surface area contributed by atoms with Crippen molar-refractivity contribution in [1.29, 1.82) is 0 Å². The number of aromatic nitrogens is 2. The van der Waals surface area contributed by atoms with Gasteiger partial charge < -0.3 is 4.57 Å². The topological polar surface area (TPSA) is 34.9 Å². The van der Waals surface area contributed by atoms with E-state index in [1.165, 1.54) is 0 Å². The molecule has 2 rings (SSSR count). The molecule has 0 aromatic carbocycles. The Morgan fingerprint density at radius 1 is 1.47 bits per heavy atom. The normalized spacial score (nSPS) is 10.5. The zero-order chi connectivity index (χ0) is 10.8. The van der Waals surface area contributed by atoms with Gasteiger partial charge in [-0.3, -0.25) is 4.79 Å². The van der Waals surface area contributed by atoms with Crippen LogP contribution in [0.15, 0.2) is 29.3 Å². The Balaban J connectivity index is 2.28. The van der Waals surface area contributed by atoms with Crippen molar-refractivity contribution < 1.29 is 0 Å². The predicted octanol–water partition coefficient (Wildman–Crippen LogP) is 1.97. The van der Waals surface area contributed by atoms with Crippen LogP contribution in [-0.2, 0) is 6.54 Å². The first kappa shape index (κ1) is 10.1. The molecule has 0 saturated heterocycles. The molecule has 0 atom stereocenters. The van der Waals surface area contributed by atoms with Gasteiger partial charge in [0.25, 0.3) is 5.56 Å². The Labute approximate surface area is 92.0 Å². The van der Waals surface area contributed by atoms with E-state index in [0.717, 1.165) is 15.4 Å². The summed E-state index contributed by atoms with van der Waals surface area (Å²) in [6, 6.07) is 3.59. The minimum absolute atomic E-state index is 0.0426. The molecule has 0 N–H and O–H groups in total. The molecule has 0 unspecified atom stereocenters. The molecule has 15 heavy (non-hydrogen) atoms. The number of hydrogen-bond acceptors (Lipinski definition) is 3. The Morgan fingerprint density at radius 2 is 2.27 bits per heavy atom. The molecule has 4 heteroatoms. The molecule has 0 fully saturated rings. The van der Waals surface area contributed by atoms with Gasteiger partial charge in [0.2, 0.25) is 0 Å². The molecule has 0 amide bonds. The van der Waals surface area contributed by atoms with Crippen LogP contribution in [-0.4, -0.2) is 9.55 Å². The second-order valence-electron chi connectivity index (χ2n) is 3.52. The molecular weight excluding hydrogens is 208 g/mol. The Hall–Kier alpha value is -1.42. The van der Waals surface area contributed by atoms with Gasteiger partial charge in [0.1, 0.15) is 0 Å². The molecule has 2 heterocycles. The van der Waals surface area contributed by atoms with E-state index in [0.29, 0.717) is 6.54 Å². The van der Waals surface area contributed by atoms with Crippen LogP contribution in [0.1, 0.15) is 15.4 Å². The Morgan fingerprint density at radius 3 is 2.87 bits per heavy atom. The highest BCUT2D eigenvalue weighted by Crippen LogP contribution is 2.12. The van der Waals surface area contributed by atoms with Crippen LogP contribution in [0, 0.1) is 13.8 Å². The van der Waals surface area contributed by atoms with Gasteiger partial charge in [-0.25, -0.2) is 4.98 Å². The van der Waals surface area contributed by atoms with E-state index in [1.807, 2.05) is 32.3 Å². The lowest BCUT2D eigenvalue weighted by atomic mass is 10.3. The van der Waals surface area contributed by atoms with E-state index in [2.05, 4.69) is 4.98 Å². The lowest BCUT2D eigenvalue weighted by molar-refractivity contribution is 0.766. The average Bonchev–Trinajstić information content (AvgIpc) is 2.56. The van der Waals surface area contributed by atoms with Crippen molar-refractivity contribution in [2.75, 3.05) is 0 Å². The fourth-order valence-electron chi connectivity index (χ4n) is 1.38. The summed E-state index contributed by atoms with van der Waals surface area (Å²) in [4.78, 5) is 16.9. The first-order valence-electron chi connectivity index (χ1n) is 4.73. The van der Waals surface area contributed by atoms with Crippen LogP contribution in [0.3, 0.4) is 0 Å². The Bertz CT molecular complexity index is 527. The molecule has 0 aliphatic carbocycles. The van der Waals surface area contributed by atoms with Crippen molar-refractivity contribution in [2.24, 2.45) is 0 Å². The third-order valence-corrected chi connectivity index (χ3v) is 3.04. The highest BCUT2D eigenvalue weighted by atomic mass is 32.1. The summed E-state index contributed by atoms with van der Waals surface area (Å²) in [6.45, 7) is 4.50. The average molecular weight is 220 g/mol. The second-order valence-corrected chi connectivity index (χ2v) is 4.84. The number of hydrogen-bond donors (Lipinski definition) is 0. The molecular formula is C11H12N2OS. The standard InChI is InChI=1S/C11H12N2OS/c1-8-3-4-13(11(14)5-8)7-10-6-12-9(2)15-10/h3-6H,7H2,1-2H3. The summed E-state index contributed by atoms with van der Waals surface area (Å²) in [7, 11) is 0. The monoisotopic (exact) mass is 220 g/mol. The molecule has 0 bridgehead atoms. The van der Waals surface area contributed by atoms with Gasteiger partial charge in [-0.2, -0.15) is 0 Å². The van der Waals surface area contributed by atoms with E-state index in [-0.39, 0.29) is 5.56 Å². The Kier molecular flexibility index (Phi) is 2.68. The van der Waals surface area contributed by atoms with Crippen LogP contribution >= 0.6 is 11.3 Å². The van der Waals surface area contributed by atoms with Crippen molar-refractivity contribution >= 4 is 11.3 Å². The predicted molar refractivity (Wildman–Crippen MR) is 61.4 cm³/mol. The molecule has 0 saturated carbocycles. The third kappa shape index (κ3) is 2.33. The minimum Gasteiger partial charge on any atom is -0.310 e. The van der Waals surface area contributed by atoms with E-state index in [1.54, 1.807) is 22.0 Å². The van der Waals surface area contributed by atoms with Gasteiger partial charge in [-0.1, -0.05) is 0 Å². The minimum atomic E-state index is 0.0426. The first-order chi connectivity index (χ1) is 7.15. The molecule has 78 valence electrons. The van der Waals surface area contributed by atoms with Gasteiger partial charge in [0.15, 0.2) is 0 Å². The van der Waals surface area contributed by atoms with Crippen LogP contribution in [0.25, 0.3) is 0 Å². The highest BCUT2D eigenvalue weighted by molar-refractivity contribution is 7.11. The van der Waals surface area contributed by atoms with Crippen LogP contribution in [0.2, 0.25) is 0 Å². The van der Waals surface area contributed by atoms with Gasteiger partial charge in [-0.15, -0.1) is 11.3 Å². The molecule has 0 radical (unpaired) electrons. The third-order valence-electron chi connectivity index (χ3n) is 2.15. The quantitative estimate of drug-likeness (QED) is 0.775. The van der Waals surface area contributed by atoms with Gasteiger partial charge in [0, 0.05) is 23.3 Å². The lowest BCUT2D eigenvalue weighted by Gasteiger charge is -2.02. The number of rotatable bonds is 2. The molecule has 0 aliphatic rings. The zero-order valence-corrected chi connectivity index (χ0v) is 9.54. The number of pyridine rings is 1. The van der Waals surface area contributed by atoms with E-state index in [9.17, 15) is 4.79 Å². The van der Waals surface area contributed by atoms with Crippen LogP contribution in [0.4, 0.5) is 0 Å². The van der Waals surface area contributed by atoms with Gasteiger partial charge in [-0.05, 0) is 25.5 Å². The smallest absolute Gasteiger partial charge is 0.251 e. The molecule has 0 aliphatic heterocycles. The number of aryl methyl sites for hydroxylation is 2. The van der Waals surface area contributed by atoms with E-state index in [4.69, 9.17) is 0 Å². The summed E-state index contributed by atoms with van der Waals surface area (Å²) in [5.74, 6) is 0.